The summed E-state index contributed by atoms with van der Waals surface area (Å²) in [6, 6.07) is 12.3. The number of carbonyl (C=O) groups is 2. The van der Waals surface area contributed by atoms with Crippen molar-refractivity contribution < 1.29 is 22.7 Å². The predicted molar refractivity (Wildman–Crippen MR) is 195 cm³/mol. The number of rotatable bonds is 8. The number of benzene rings is 2. The molecule has 10 heteroatoms. The Morgan fingerprint density at radius 2 is 1.68 bits per heavy atom. The quantitative estimate of drug-likeness (QED) is 0.290. The Labute approximate surface area is 295 Å². The van der Waals surface area contributed by atoms with Crippen molar-refractivity contribution in [2.45, 2.75) is 106 Å². The van der Waals surface area contributed by atoms with Gasteiger partial charge in [-0.2, -0.15) is 0 Å². The molecule has 3 aliphatic heterocycles. The molecule has 1 N–H and O–H groups in total. The molecule has 2 unspecified atom stereocenters. The van der Waals surface area contributed by atoms with Crippen LogP contribution in [0.3, 0.4) is 0 Å². The summed E-state index contributed by atoms with van der Waals surface area (Å²) in [4.78, 5) is 32.8. The van der Waals surface area contributed by atoms with Crippen molar-refractivity contribution in [3.8, 4) is 17.0 Å². The van der Waals surface area contributed by atoms with E-state index in [-0.39, 0.29) is 18.0 Å². The van der Waals surface area contributed by atoms with Crippen LogP contribution in [0.2, 0.25) is 0 Å². The zero-order valence-electron chi connectivity index (χ0n) is 29.2. The highest BCUT2D eigenvalue weighted by Crippen LogP contribution is 2.53. The lowest BCUT2D eigenvalue weighted by molar-refractivity contribution is -0.132. The lowest BCUT2D eigenvalue weighted by Gasteiger charge is -2.40. The van der Waals surface area contributed by atoms with Gasteiger partial charge in [0, 0.05) is 52.8 Å². The number of likely N-dealkylation sites (tertiary alicyclic amines) is 1. The molecule has 9 rings (SSSR count). The first-order valence-corrected chi connectivity index (χ1v) is 20.3. The largest absolute Gasteiger partial charge is 0.497 e. The van der Waals surface area contributed by atoms with Crippen molar-refractivity contribution in [3.63, 3.8) is 0 Å². The number of nitrogens with zero attached hydrogens (tertiary/aromatic N) is 3. The van der Waals surface area contributed by atoms with E-state index >= 15 is 0 Å². The molecule has 2 atom stereocenters. The van der Waals surface area contributed by atoms with Crippen molar-refractivity contribution in [3.05, 3.63) is 58.7 Å². The molecule has 2 saturated heterocycles. The first-order valence-electron chi connectivity index (χ1n) is 18.8. The van der Waals surface area contributed by atoms with Crippen LogP contribution in [0, 0.1) is 5.92 Å². The number of ether oxygens (including phenoxy) is 1. The molecule has 4 heterocycles. The Bertz CT molecular complexity index is 2020. The SMILES string of the molecule is COc1cc2c(c(C3CCCCC3)c1)-c1cc3ccc(C(=O)NS(=O)(=O)C4(CC5CC5)CC4)cc3n1CC(C(=O)N1C3CCC1CN(C)C3)=C2. The van der Waals surface area contributed by atoms with Gasteiger partial charge < -0.3 is 19.1 Å². The van der Waals surface area contributed by atoms with E-state index in [1.54, 1.807) is 13.2 Å². The Morgan fingerprint density at radius 1 is 0.940 bits per heavy atom. The van der Waals surface area contributed by atoms with Crippen molar-refractivity contribution in [2.24, 2.45) is 5.92 Å². The van der Waals surface area contributed by atoms with Gasteiger partial charge >= 0.3 is 0 Å². The van der Waals surface area contributed by atoms with E-state index in [1.807, 2.05) is 12.1 Å². The number of sulfonamides is 1. The average molecular weight is 697 g/mol. The van der Waals surface area contributed by atoms with Gasteiger partial charge in [-0.3, -0.25) is 9.59 Å². The fraction of sp³-hybridized carbons (Fsp3) is 0.550. The number of hydrogen-bond donors (Lipinski definition) is 1. The number of nitrogens with one attached hydrogen (secondary N) is 1. The van der Waals surface area contributed by atoms with Gasteiger partial charge in [0.05, 0.1) is 24.1 Å². The number of piperazine rings is 1. The molecule has 264 valence electrons. The summed E-state index contributed by atoms with van der Waals surface area (Å²) in [5.41, 5.74) is 6.24. The molecule has 1 aromatic heterocycles. The second-order valence-electron chi connectivity index (χ2n) is 16.2. The first-order chi connectivity index (χ1) is 24.1. The lowest BCUT2D eigenvalue weighted by Crippen LogP contribution is -2.55. The number of likely N-dealkylation sites (N-methyl/N-ethyl adjacent to an activating group) is 1. The van der Waals surface area contributed by atoms with E-state index in [4.69, 9.17) is 4.74 Å². The van der Waals surface area contributed by atoms with Crippen LogP contribution in [0.1, 0.15) is 104 Å². The number of carbonyl (C=O) groups excluding carboxylic acids is 2. The Hall–Kier alpha value is -3.63. The number of hydrogen-bond acceptors (Lipinski definition) is 6. The van der Waals surface area contributed by atoms with Gasteiger partial charge in [0.2, 0.25) is 10.0 Å². The minimum Gasteiger partial charge on any atom is -0.497 e. The first kappa shape index (κ1) is 32.3. The van der Waals surface area contributed by atoms with Gasteiger partial charge in [-0.1, -0.05) is 38.2 Å². The zero-order valence-corrected chi connectivity index (χ0v) is 30.1. The van der Waals surface area contributed by atoms with Crippen LogP contribution in [0.5, 0.6) is 5.75 Å². The molecule has 50 heavy (non-hydrogen) atoms. The molecule has 2 bridgehead atoms. The Balaban J connectivity index is 1.15. The molecular formula is C40H48N4O5S. The molecule has 6 aliphatic rings. The highest BCUT2D eigenvalue weighted by Gasteiger charge is 2.57. The van der Waals surface area contributed by atoms with Gasteiger partial charge in [0.1, 0.15) is 5.75 Å². The molecule has 3 aliphatic carbocycles. The summed E-state index contributed by atoms with van der Waals surface area (Å²) >= 11 is 0. The van der Waals surface area contributed by atoms with Crippen molar-refractivity contribution in [1.82, 2.24) is 19.1 Å². The summed E-state index contributed by atoms with van der Waals surface area (Å²) in [5, 5.41) is 0.955. The molecule has 2 aromatic carbocycles. The van der Waals surface area contributed by atoms with Crippen LogP contribution >= 0.6 is 0 Å². The van der Waals surface area contributed by atoms with Crippen LogP contribution in [0.4, 0.5) is 0 Å². The third kappa shape index (κ3) is 5.48. The lowest BCUT2D eigenvalue weighted by atomic mass is 9.80. The van der Waals surface area contributed by atoms with Crippen LogP contribution in [0.25, 0.3) is 28.2 Å². The van der Waals surface area contributed by atoms with E-state index < -0.39 is 20.7 Å². The predicted octanol–water partition coefficient (Wildman–Crippen LogP) is 6.46. The number of amides is 2. The van der Waals surface area contributed by atoms with E-state index in [0.717, 1.165) is 90.7 Å². The molecular weight excluding hydrogens is 649 g/mol. The topological polar surface area (TPSA) is 101 Å². The molecule has 9 nitrogen and oxygen atoms in total. The summed E-state index contributed by atoms with van der Waals surface area (Å²) in [6.07, 6.45) is 14.0. The van der Waals surface area contributed by atoms with Gasteiger partial charge in [0.25, 0.3) is 11.8 Å². The van der Waals surface area contributed by atoms with Crippen LogP contribution < -0.4 is 9.46 Å². The molecule has 0 spiro atoms. The summed E-state index contributed by atoms with van der Waals surface area (Å²) in [5.74, 6) is 1.14. The maximum Gasteiger partial charge on any atom is 0.264 e. The normalized spacial score (nSPS) is 24.7. The standard InChI is InChI=1S/C40H48N4O5S/c1-42-23-31-12-13-32(24-42)44(31)39(46)30-16-29-17-33(49-2)20-34(26-6-4-3-5-7-26)37(29)36-18-27-10-11-28(19-35(27)43(36)22-30)38(45)41-50(47,48)40(14-15-40)21-25-8-9-25/h10-11,16-20,25-26,31-32H,3-9,12-15,21-24H2,1-2H3,(H,41,45). The highest BCUT2D eigenvalue weighted by atomic mass is 32.2. The minimum atomic E-state index is -3.80. The van der Waals surface area contributed by atoms with Crippen LogP contribution in [-0.2, 0) is 21.4 Å². The number of fused-ring (bicyclic) bond motifs is 7. The van der Waals surface area contributed by atoms with E-state index in [1.165, 1.54) is 24.8 Å². The molecule has 3 saturated carbocycles. The maximum atomic E-state index is 14.7. The van der Waals surface area contributed by atoms with E-state index in [0.29, 0.717) is 43.2 Å². The molecule has 0 radical (unpaired) electrons. The highest BCUT2D eigenvalue weighted by molar-refractivity contribution is 7.91. The van der Waals surface area contributed by atoms with Crippen molar-refractivity contribution in [2.75, 3.05) is 27.2 Å². The smallest absolute Gasteiger partial charge is 0.264 e. The summed E-state index contributed by atoms with van der Waals surface area (Å²) < 4.78 is 36.7. The number of aromatic nitrogens is 1. The van der Waals surface area contributed by atoms with Gasteiger partial charge in [0.15, 0.2) is 0 Å². The van der Waals surface area contributed by atoms with Crippen molar-refractivity contribution in [1.29, 1.82) is 0 Å². The maximum absolute atomic E-state index is 14.7. The summed E-state index contributed by atoms with van der Waals surface area (Å²) in [6.45, 7) is 2.12. The second-order valence-corrected chi connectivity index (χ2v) is 18.2. The molecule has 2 amide bonds. The van der Waals surface area contributed by atoms with Crippen LogP contribution in [-0.4, -0.2) is 78.7 Å². The van der Waals surface area contributed by atoms with Crippen LogP contribution in [0.15, 0.2) is 42.0 Å². The van der Waals surface area contributed by atoms with E-state index in [9.17, 15) is 18.0 Å². The molecule has 3 aromatic rings. The Kier molecular flexibility index (Phi) is 7.73. The Morgan fingerprint density at radius 3 is 2.36 bits per heavy atom. The number of methoxy groups -OCH3 is 1. The summed E-state index contributed by atoms with van der Waals surface area (Å²) in [7, 11) is 0.0500. The zero-order chi connectivity index (χ0) is 34.4. The second kappa shape index (κ2) is 12.0. The van der Waals surface area contributed by atoms with Gasteiger partial charge in [-0.05, 0) is 111 Å². The fourth-order valence-electron chi connectivity index (χ4n) is 9.70. The van der Waals surface area contributed by atoms with Gasteiger partial charge in [-0.25, -0.2) is 13.1 Å². The monoisotopic (exact) mass is 696 g/mol. The van der Waals surface area contributed by atoms with Crippen molar-refractivity contribution >= 4 is 38.8 Å². The minimum absolute atomic E-state index is 0.0821. The average Bonchev–Trinajstić information content (AvgIpc) is 4.04. The fourth-order valence-corrected chi connectivity index (χ4v) is 11.4. The van der Waals surface area contributed by atoms with E-state index in [2.05, 4.69) is 50.4 Å². The molecule has 5 fully saturated rings. The van der Waals surface area contributed by atoms with Gasteiger partial charge in [-0.15, -0.1) is 0 Å². The third-order valence-electron chi connectivity index (χ3n) is 12.7. The third-order valence-corrected chi connectivity index (χ3v) is 14.8.